The molecule has 65 heavy (non-hydrogen) atoms. The molecule has 0 bridgehead atoms. The van der Waals surface area contributed by atoms with Crippen LogP contribution >= 0.6 is 7.82 Å². The molecule has 0 aliphatic carbocycles. The molecule has 2 unspecified atom stereocenters. The molecule has 0 spiro atoms. The lowest BCUT2D eigenvalue weighted by atomic mass is 10.0. The zero-order chi connectivity index (χ0) is 47.6. The second-order valence-electron chi connectivity index (χ2n) is 18.9. The standard InChI is InChI=1S/C56H102NO7P/c1-6-8-10-12-14-16-18-20-22-24-26-28-29-30-31-33-35-37-39-41-43-45-47-49-56(58)64-55(54-63-65(59,60)62-52-50-57(3,4)5)53-61-51-48-46-44-42-40-38-36-34-32-27-25-23-21-19-17-15-13-11-9-7-2/h8,10,14-17,20-23,26,28,55H,6-7,9,11-13,18-19,24-25,27,29-54H2,1-5H3/p+1/b10-8-,16-14-,17-15-,22-20-,23-21-,28-26-. The molecule has 0 saturated heterocycles. The second-order valence-corrected chi connectivity index (χ2v) is 20.3. The van der Waals surface area contributed by atoms with Crippen LogP contribution in [0.5, 0.6) is 0 Å². The van der Waals surface area contributed by atoms with Crippen LogP contribution in [0.25, 0.3) is 0 Å². The Hall–Kier alpha value is -2.06. The molecule has 0 aromatic rings. The van der Waals surface area contributed by atoms with Crippen molar-refractivity contribution in [2.45, 2.75) is 225 Å². The van der Waals surface area contributed by atoms with E-state index < -0.39 is 13.9 Å². The number of hydrogen-bond donors (Lipinski definition) is 1. The molecule has 2 atom stereocenters. The first kappa shape index (κ1) is 62.9. The highest BCUT2D eigenvalue weighted by Gasteiger charge is 2.26. The highest BCUT2D eigenvalue weighted by atomic mass is 31.2. The number of unbranched alkanes of at least 4 members (excludes halogenated alkanes) is 23. The van der Waals surface area contributed by atoms with Crippen molar-refractivity contribution in [1.82, 2.24) is 0 Å². The van der Waals surface area contributed by atoms with Crippen LogP contribution in [0, 0.1) is 0 Å². The average molecular weight is 933 g/mol. The number of allylic oxidation sites excluding steroid dienone is 12. The lowest BCUT2D eigenvalue weighted by molar-refractivity contribution is -0.870. The molecule has 9 heteroatoms. The number of hydrogen-bond acceptors (Lipinski definition) is 6. The van der Waals surface area contributed by atoms with Gasteiger partial charge in [-0.1, -0.05) is 202 Å². The topological polar surface area (TPSA) is 91.3 Å². The molecular weight excluding hydrogens is 830 g/mol. The molecule has 0 fully saturated rings. The third-order valence-electron chi connectivity index (χ3n) is 11.3. The van der Waals surface area contributed by atoms with Crippen molar-refractivity contribution < 1.29 is 37.3 Å². The van der Waals surface area contributed by atoms with Crippen molar-refractivity contribution in [1.29, 1.82) is 0 Å². The van der Waals surface area contributed by atoms with Gasteiger partial charge < -0.3 is 18.9 Å². The van der Waals surface area contributed by atoms with E-state index in [9.17, 15) is 14.3 Å². The van der Waals surface area contributed by atoms with Gasteiger partial charge in [-0.05, 0) is 83.5 Å². The predicted octanol–water partition coefficient (Wildman–Crippen LogP) is 16.6. The number of likely N-dealkylation sites (N-methyl/N-ethyl adjacent to an activating group) is 1. The quantitative estimate of drug-likeness (QED) is 0.0214. The monoisotopic (exact) mass is 933 g/mol. The van der Waals surface area contributed by atoms with Crippen LogP contribution in [0.4, 0.5) is 0 Å². The van der Waals surface area contributed by atoms with Crippen molar-refractivity contribution in [3.8, 4) is 0 Å². The first-order valence-electron chi connectivity index (χ1n) is 26.7. The van der Waals surface area contributed by atoms with E-state index in [4.69, 9.17) is 18.5 Å². The Labute approximate surface area is 402 Å². The molecule has 0 aliphatic heterocycles. The van der Waals surface area contributed by atoms with Gasteiger partial charge in [0.2, 0.25) is 0 Å². The lowest BCUT2D eigenvalue weighted by Gasteiger charge is -2.24. The maximum absolute atomic E-state index is 12.8. The van der Waals surface area contributed by atoms with Crippen LogP contribution in [-0.2, 0) is 27.9 Å². The number of nitrogens with zero attached hydrogens (tertiary/aromatic N) is 1. The van der Waals surface area contributed by atoms with Gasteiger partial charge in [-0.3, -0.25) is 13.8 Å². The summed E-state index contributed by atoms with van der Waals surface area (Å²) < 4.78 is 35.2. The highest BCUT2D eigenvalue weighted by Crippen LogP contribution is 2.43. The summed E-state index contributed by atoms with van der Waals surface area (Å²) in [7, 11) is 1.66. The smallest absolute Gasteiger partial charge is 0.457 e. The SMILES string of the molecule is CC/C=C\C/C=C\C/C=C\C/C=C\CCCCCCCCCCCCC(=O)OC(COCCCCCCCCCCCC/C=C\C/C=C\CCCCC)COP(=O)(O)OCC[N+](C)(C)C. The Kier molecular flexibility index (Phi) is 46.9. The Bertz CT molecular complexity index is 1270. The van der Waals surface area contributed by atoms with Crippen LogP contribution in [0.1, 0.15) is 219 Å². The number of phosphoric acid groups is 1. The molecule has 0 saturated carbocycles. The zero-order valence-corrected chi connectivity index (χ0v) is 43.9. The van der Waals surface area contributed by atoms with E-state index in [1.165, 1.54) is 135 Å². The number of esters is 1. The summed E-state index contributed by atoms with van der Waals surface area (Å²) in [5.74, 6) is -0.320. The molecule has 0 rings (SSSR count). The van der Waals surface area contributed by atoms with Gasteiger partial charge in [0, 0.05) is 13.0 Å². The lowest BCUT2D eigenvalue weighted by Crippen LogP contribution is -2.37. The number of ether oxygens (including phenoxy) is 2. The summed E-state index contributed by atoms with van der Waals surface area (Å²) in [5, 5.41) is 0. The van der Waals surface area contributed by atoms with Gasteiger partial charge in [0.1, 0.15) is 19.3 Å². The summed E-state index contributed by atoms with van der Waals surface area (Å²) in [6, 6.07) is 0. The van der Waals surface area contributed by atoms with Gasteiger partial charge in [-0.25, -0.2) is 4.57 Å². The van der Waals surface area contributed by atoms with E-state index in [1.54, 1.807) is 0 Å². The fraction of sp³-hybridized carbons (Fsp3) is 0.768. The predicted molar refractivity (Wildman–Crippen MR) is 279 cm³/mol. The van der Waals surface area contributed by atoms with E-state index >= 15 is 0 Å². The Balaban J connectivity index is 4.14. The van der Waals surface area contributed by atoms with E-state index in [0.717, 1.165) is 64.2 Å². The van der Waals surface area contributed by atoms with Gasteiger partial charge >= 0.3 is 13.8 Å². The maximum Gasteiger partial charge on any atom is 0.472 e. The number of carbonyl (C=O) groups is 1. The number of rotatable bonds is 49. The van der Waals surface area contributed by atoms with Crippen molar-refractivity contribution >= 4 is 13.8 Å². The maximum atomic E-state index is 12.8. The third kappa shape index (κ3) is 52.8. The second kappa shape index (κ2) is 48.4. The summed E-state index contributed by atoms with van der Waals surface area (Å²) in [4.78, 5) is 23.0. The minimum absolute atomic E-state index is 0.0844. The zero-order valence-electron chi connectivity index (χ0n) is 43.0. The van der Waals surface area contributed by atoms with Crippen molar-refractivity contribution in [2.24, 2.45) is 0 Å². The first-order valence-corrected chi connectivity index (χ1v) is 28.2. The summed E-state index contributed by atoms with van der Waals surface area (Å²) in [5.41, 5.74) is 0. The highest BCUT2D eigenvalue weighted by molar-refractivity contribution is 7.47. The van der Waals surface area contributed by atoms with Crippen molar-refractivity contribution in [3.05, 3.63) is 72.9 Å². The molecular formula is C56H103NO7P+. The van der Waals surface area contributed by atoms with E-state index in [-0.39, 0.29) is 25.8 Å². The minimum Gasteiger partial charge on any atom is -0.457 e. The normalized spacial score (nSPS) is 14.1. The van der Waals surface area contributed by atoms with Gasteiger partial charge in [0.15, 0.2) is 0 Å². The van der Waals surface area contributed by atoms with Crippen LogP contribution < -0.4 is 0 Å². The van der Waals surface area contributed by atoms with E-state index in [1.807, 2.05) is 21.1 Å². The number of carbonyl (C=O) groups excluding carboxylic acids is 1. The van der Waals surface area contributed by atoms with Gasteiger partial charge in [-0.2, -0.15) is 0 Å². The Morgan fingerprint density at radius 2 is 0.892 bits per heavy atom. The number of quaternary nitrogens is 1. The van der Waals surface area contributed by atoms with Gasteiger partial charge in [0.25, 0.3) is 0 Å². The van der Waals surface area contributed by atoms with Crippen molar-refractivity contribution in [3.63, 3.8) is 0 Å². The molecule has 0 heterocycles. The minimum atomic E-state index is -4.29. The van der Waals surface area contributed by atoms with Crippen LogP contribution in [0.15, 0.2) is 72.9 Å². The van der Waals surface area contributed by atoms with Crippen LogP contribution in [-0.4, -0.2) is 75.6 Å². The molecule has 378 valence electrons. The Morgan fingerprint density at radius 1 is 0.492 bits per heavy atom. The average Bonchev–Trinajstić information content (AvgIpc) is 3.27. The summed E-state index contributed by atoms with van der Waals surface area (Å²) in [6.07, 6.45) is 63.7. The van der Waals surface area contributed by atoms with E-state index in [0.29, 0.717) is 24.1 Å². The summed E-state index contributed by atoms with van der Waals surface area (Å²) in [6.45, 7) is 5.49. The molecule has 0 aliphatic rings. The largest absolute Gasteiger partial charge is 0.472 e. The molecule has 0 amide bonds. The molecule has 8 nitrogen and oxygen atoms in total. The fourth-order valence-electron chi connectivity index (χ4n) is 7.16. The molecule has 0 aromatic carbocycles. The van der Waals surface area contributed by atoms with Crippen LogP contribution in [0.3, 0.4) is 0 Å². The van der Waals surface area contributed by atoms with Crippen molar-refractivity contribution in [2.75, 3.05) is 54.1 Å². The van der Waals surface area contributed by atoms with Crippen LogP contribution in [0.2, 0.25) is 0 Å². The molecule has 0 aromatic heterocycles. The molecule has 0 radical (unpaired) electrons. The molecule has 1 N–H and O–H groups in total. The van der Waals surface area contributed by atoms with Gasteiger partial charge in [-0.15, -0.1) is 0 Å². The first-order chi connectivity index (χ1) is 31.6. The fourth-order valence-corrected chi connectivity index (χ4v) is 7.90. The number of phosphoric ester groups is 1. The Morgan fingerprint density at radius 3 is 1.34 bits per heavy atom. The summed E-state index contributed by atoms with van der Waals surface area (Å²) >= 11 is 0. The third-order valence-corrected chi connectivity index (χ3v) is 12.2. The van der Waals surface area contributed by atoms with E-state index in [2.05, 4.69) is 86.8 Å². The van der Waals surface area contributed by atoms with Gasteiger partial charge in [0.05, 0.1) is 34.4 Å².